The van der Waals surface area contributed by atoms with E-state index in [1.807, 2.05) is 31.2 Å². The molecule has 0 unspecified atom stereocenters. The van der Waals surface area contributed by atoms with Crippen LogP contribution in [0.15, 0.2) is 29.3 Å². The van der Waals surface area contributed by atoms with Crippen molar-refractivity contribution in [1.29, 1.82) is 0 Å². The van der Waals surface area contributed by atoms with Crippen LogP contribution in [0.25, 0.3) is 0 Å². The highest BCUT2D eigenvalue weighted by Gasteiger charge is 2.45. The lowest BCUT2D eigenvalue weighted by Gasteiger charge is -2.35. The van der Waals surface area contributed by atoms with Crippen LogP contribution in [-0.2, 0) is 15.1 Å². The standard InChI is InChI=1S/C12H11NO2/c1-9-2-4-10(5-3-9)12(13-8-14)6-11(15)7-12/h2-5H,6-7H2,1H3. The molecule has 0 radical (unpaired) electrons. The Morgan fingerprint density at radius 2 is 1.87 bits per heavy atom. The van der Waals surface area contributed by atoms with Crippen LogP contribution in [0.1, 0.15) is 24.0 Å². The minimum Gasteiger partial charge on any atom is -0.299 e. The van der Waals surface area contributed by atoms with E-state index in [-0.39, 0.29) is 5.78 Å². The molecule has 0 heterocycles. The van der Waals surface area contributed by atoms with Gasteiger partial charge in [-0.1, -0.05) is 29.8 Å². The Labute approximate surface area is 87.8 Å². The molecule has 0 atom stereocenters. The van der Waals surface area contributed by atoms with E-state index >= 15 is 0 Å². The van der Waals surface area contributed by atoms with Crippen LogP contribution in [0, 0.1) is 6.92 Å². The van der Waals surface area contributed by atoms with Gasteiger partial charge in [0.05, 0.1) is 0 Å². The highest BCUT2D eigenvalue weighted by Crippen LogP contribution is 2.42. The van der Waals surface area contributed by atoms with Gasteiger partial charge >= 0.3 is 0 Å². The third-order valence-corrected chi connectivity index (χ3v) is 2.83. The normalized spacial score (nSPS) is 17.8. The quantitative estimate of drug-likeness (QED) is 0.541. The van der Waals surface area contributed by atoms with Gasteiger partial charge in [-0.3, -0.25) is 4.79 Å². The highest BCUT2D eigenvalue weighted by atomic mass is 16.1. The molecule has 0 N–H and O–H groups in total. The van der Waals surface area contributed by atoms with Gasteiger partial charge in [0.1, 0.15) is 11.3 Å². The molecule has 1 saturated carbocycles. The summed E-state index contributed by atoms with van der Waals surface area (Å²) in [5.74, 6) is 0.148. The van der Waals surface area contributed by atoms with Crippen molar-refractivity contribution in [3.05, 3.63) is 35.4 Å². The number of hydrogen-bond acceptors (Lipinski definition) is 3. The summed E-state index contributed by atoms with van der Waals surface area (Å²) in [6.45, 7) is 1.99. The second-order valence-corrected chi connectivity index (χ2v) is 3.99. The molecule has 15 heavy (non-hydrogen) atoms. The number of rotatable bonds is 2. The lowest BCUT2D eigenvalue weighted by atomic mass is 9.71. The number of benzene rings is 1. The fraction of sp³-hybridized carbons (Fsp3) is 0.333. The maximum Gasteiger partial charge on any atom is 0.235 e. The van der Waals surface area contributed by atoms with E-state index in [1.54, 1.807) is 6.08 Å². The summed E-state index contributed by atoms with van der Waals surface area (Å²) in [4.78, 5) is 25.2. The minimum atomic E-state index is -0.619. The summed E-state index contributed by atoms with van der Waals surface area (Å²) in [7, 11) is 0. The third-order valence-electron chi connectivity index (χ3n) is 2.83. The molecule has 1 aliphatic carbocycles. The molecule has 0 amide bonds. The molecule has 3 heteroatoms. The summed E-state index contributed by atoms with van der Waals surface area (Å²) in [6.07, 6.45) is 2.22. The SMILES string of the molecule is Cc1ccc(C2(N=C=O)CC(=O)C2)cc1. The molecule has 2 rings (SSSR count). The Balaban J connectivity index is 2.38. The molecular weight excluding hydrogens is 190 g/mol. The summed E-state index contributed by atoms with van der Waals surface area (Å²) in [6, 6.07) is 7.76. The Bertz CT molecular complexity index is 433. The highest BCUT2D eigenvalue weighted by molar-refractivity contribution is 5.88. The summed E-state index contributed by atoms with van der Waals surface area (Å²) in [5.41, 5.74) is 1.46. The zero-order chi connectivity index (χ0) is 10.9. The van der Waals surface area contributed by atoms with Crippen molar-refractivity contribution < 1.29 is 9.59 Å². The largest absolute Gasteiger partial charge is 0.299 e. The van der Waals surface area contributed by atoms with Crippen LogP contribution < -0.4 is 0 Å². The van der Waals surface area contributed by atoms with Crippen LogP contribution in [0.5, 0.6) is 0 Å². The van der Waals surface area contributed by atoms with Gasteiger partial charge in [0.25, 0.3) is 0 Å². The number of hydrogen-bond donors (Lipinski definition) is 0. The average molecular weight is 201 g/mol. The van der Waals surface area contributed by atoms with Crippen LogP contribution in [0.2, 0.25) is 0 Å². The van der Waals surface area contributed by atoms with Crippen molar-refractivity contribution in [3.63, 3.8) is 0 Å². The van der Waals surface area contributed by atoms with Gasteiger partial charge < -0.3 is 0 Å². The van der Waals surface area contributed by atoms with Crippen molar-refractivity contribution in [2.24, 2.45) is 4.99 Å². The molecule has 0 spiro atoms. The molecule has 0 aliphatic heterocycles. The van der Waals surface area contributed by atoms with E-state index < -0.39 is 5.54 Å². The number of carbonyl (C=O) groups excluding carboxylic acids is 2. The monoisotopic (exact) mass is 201 g/mol. The van der Waals surface area contributed by atoms with Gasteiger partial charge in [-0.25, -0.2) is 4.79 Å². The van der Waals surface area contributed by atoms with Crippen molar-refractivity contribution in [1.82, 2.24) is 0 Å². The number of nitrogens with zero attached hydrogens (tertiary/aromatic N) is 1. The molecule has 0 saturated heterocycles. The minimum absolute atomic E-state index is 0.148. The maximum absolute atomic E-state index is 11.0. The topological polar surface area (TPSA) is 46.5 Å². The number of aliphatic imine (C=N–C) groups is 1. The van der Waals surface area contributed by atoms with Crippen molar-refractivity contribution in [3.8, 4) is 0 Å². The van der Waals surface area contributed by atoms with E-state index in [4.69, 9.17) is 0 Å². The van der Waals surface area contributed by atoms with Crippen LogP contribution in [0.4, 0.5) is 0 Å². The predicted molar refractivity (Wildman–Crippen MR) is 55.2 cm³/mol. The van der Waals surface area contributed by atoms with Gasteiger partial charge in [0.15, 0.2) is 0 Å². The van der Waals surface area contributed by atoms with Crippen LogP contribution >= 0.6 is 0 Å². The first kappa shape index (κ1) is 9.81. The number of aryl methyl sites for hydroxylation is 1. The van der Waals surface area contributed by atoms with Crippen molar-refractivity contribution in [2.75, 3.05) is 0 Å². The zero-order valence-electron chi connectivity index (χ0n) is 8.49. The fourth-order valence-electron chi connectivity index (χ4n) is 1.90. The third kappa shape index (κ3) is 1.62. The molecule has 1 fully saturated rings. The predicted octanol–water partition coefficient (Wildman–Crippen LogP) is 1.89. The molecule has 3 nitrogen and oxygen atoms in total. The van der Waals surface area contributed by atoms with Gasteiger partial charge in [-0.05, 0) is 12.5 Å². The molecule has 0 bridgehead atoms. The second kappa shape index (κ2) is 3.44. The molecular formula is C12H11NO2. The molecule has 76 valence electrons. The number of ketones is 1. The Morgan fingerprint density at radius 3 is 2.33 bits per heavy atom. The van der Waals surface area contributed by atoms with Gasteiger partial charge in [-0.15, -0.1) is 0 Å². The lowest BCUT2D eigenvalue weighted by molar-refractivity contribution is -0.128. The number of Topliss-reactive ketones (excluding diaryl/α,β-unsaturated/α-hetero) is 1. The van der Waals surface area contributed by atoms with E-state index in [9.17, 15) is 9.59 Å². The smallest absolute Gasteiger partial charge is 0.235 e. The van der Waals surface area contributed by atoms with E-state index in [0.717, 1.165) is 11.1 Å². The number of carbonyl (C=O) groups is 1. The first-order valence-electron chi connectivity index (χ1n) is 4.84. The van der Waals surface area contributed by atoms with E-state index in [1.165, 1.54) is 0 Å². The zero-order valence-corrected chi connectivity index (χ0v) is 8.49. The fourth-order valence-corrected chi connectivity index (χ4v) is 1.90. The molecule has 0 aromatic heterocycles. The van der Waals surface area contributed by atoms with Crippen molar-refractivity contribution in [2.45, 2.75) is 25.3 Å². The molecule has 1 aliphatic rings. The van der Waals surface area contributed by atoms with Gasteiger partial charge in [0, 0.05) is 12.8 Å². The first-order chi connectivity index (χ1) is 7.16. The summed E-state index contributed by atoms with van der Waals surface area (Å²) >= 11 is 0. The average Bonchev–Trinajstić information content (AvgIpc) is 2.16. The Hall–Kier alpha value is -1.73. The second-order valence-electron chi connectivity index (χ2n) is 3.99. The molecule has 1 aromatic carbocycles. The van der Waals surface area contributed by atoms with Crippen molar-refractivity contribution >= 4 is 11.9 Å². The Morgan fingerprint density at radius 1 is 1.27 bits per heavy atom. The lowest BCUT2D eigenvalue weighted by Crippen LogP contribution is -2.39. The Kier molecular flexibility index (Phi) is 2.25. The summed E-state index contributed by atoms with van der Waals surface area (Å²) in [5, 5.41) is 0. The van der Waals surface area contributed by atoms with Crippen LogP contribution in [-0.4, -0.2) is 11.9 Å². The molecule has 1 aromatic rings. The first-order valence-corrected chi connectivity index (χ1v) is 4.84. The van der Waals surface area contributed by atoms with E-state index in [0.29, 0.717) is 12.8 Å². The van der Waals surface area contributed by atoms with E-state index in [2.05, 4.69) is 4.99 Å². The maximum atomic E-state index is 11.0. The number of isocyanates is 1. The summed E-state index contributed by atoms with van der Waals surface area (Å²) < 4.78 is 0. The van der Waals surface area contributed by atoms with Gasteiger partial charge in [-0.2, -0.15) is 4.99 Å². The van der Waals surface area contributed by atoms with Crippen LogP contribution in [0.3, 0.4) is 0 Å². The van der Waals surface area contributed by atoms with Gasteiger partial charge in [0.2, 0.25) is 6.08 Å².